The Morgan fingerprint density at radius 1 is 1.44 bits per heavy atom. The zero-order valence-electron chi connectivity index (χ0n) is 9.47. The van der Waals surface area contributed by atoms with Gasteiger partial charge in [-0.1, -0.05) is 17.7 Å². The van der Waals surface area contributed by atoms with E-state index in [0.29, 0.717) is 12.4 Å². The molecule has 1 unspecified atom stereocenters. The van der Waals surface area contributed by atoms with Crippen LogP contribution in [-0.4, -0.2) is 28.7 Å². The number of thioether (sulfide) groups is 1. The van der Waals surface area contributed by atoms with E-state index in [1.54, 1.807) is 6.92 Å². The topological polar surface area (TPSA) is 46.5 Å². The van der Waals surface area contributed by atoms with E-state index < -0.39 is 5.97 Å². The van der Waals surface area contributed by atoms with Crippen molar-refractivity contribution in [2.75, 3.05) is 12.4 Å². The molecule has 0 heterocycles. The minimum atomic E-state index is -0.777. The molecule has 0 aliphatic rings. The lowest BCUT2D eigenvalue weighted by molar-refractivity contribution is -0.136. The van der Waals surface area contributed by atoms with E-state index in [0.717, 1.165) is 5.75 Å². The Balaban J connectivity index is 2.21. The fourth-order valence-corrected chi connectivity index (χ4v) is 1.77. The molecule has 0 amide bonds. The van der Waals surface area contributed by atoms with Gasteiger partial charge < -0.3 is 9.84 Å². The van der Waals surface area contributed by atoms with Crippen molar-refractivity contribution in [3.63, 3.8) is 0 Å². The Labute approximate surface area is 99.8 Å². The van der Waals surface area contributed by atoms with Gasteiger partial charge >= 0.3 is 5.97 Å². The largest absolute Gasteiger partial charge is 0.493 e. The molecular weight excluding hydrogens is 224 g/mol. The zero-order valence-corrected chi connectivity index (χ0v) is 10.3. The summed E-state index contributed by atoms with van der Waals surface area (Å²) in [6, 6.07) is 7.81. The summed E-state index contributed by atoms with van der Waals surface area (Å²) in [5, 5.41) is 8.29. The van der Waals surface area contributed by atoms with E-state index in [4.69, 9.17) is 9.84 Å². The van der Waals surface area contributed by atoms with E-state index in [1.165, 1.54) is 17.3 Å². The fourth-order valence-electron chi connectivity index (χ4n) is 1.09. The first kappa shape index (κ1) is 12.9. The second-order valence-corrected chi connectivity index (χ2v) is 4.96. The van der Waals surface area contributed by atoms with Gasteiger partial charge in [0.2, 0.25) is 0 Å². The van der Waals surface area contributed by atoms with Gasteiger partial charge in [0.15, 0.2) is 0 Å². The lowest BCUT2D eigenvalue weighted by Gasteiger charge is -2.08. The van der Waals surface area contributed by atoms with Crippen LogP contribution in [0.25, 0.3) is 0 Å². The number of carbonyl (C=O) groups is 1. The smallest absolute Gasteiger partial charge is 0.316 e. The molecule has 1 aromatic carbocycles. The van der Waals surface area contributed by atoms with Gasteiger partial charge in [0, 0.05) is 5.75 Å². The summed E-state index contributed by atoms with van der Waals surface area (Å²) in [5.41, 5.74) is 1.20. The van der Waals surface area contributed by atoms with Crippen LogP contribution in [0.1, 0.15) is 12.5 Å². The van der Waals surface area contributed by atoms with E-state index in [-0.39, 0.29) is 5.25 Å². The molecule has 0 bridgehead atoms. The number of aliphatic carboxylic acids is 1. The minimum absolute atomic E-state index is 0.374. The van der Waals surface area contributed by atoms with Crippen LogP contribution in [-0.2, 0) is 4.79 Å². The number of ether oxygens (including phenoxy) is 1. The van der Waals surface area contributed by atoms with Gasteiger partial charge in [-0.25, -0.2) is 0 Å². The van der Waals surface area contributed by atoms with Crippen molar-refractivity contribution in [1.29, 1.82) is 0 Å². The average molecular weight is 240 g/mol. The summed E-state index contributed by atoms with van der Waals surface area (Å²) >= 11 is 1.38. The van der Waals surface area contributed by atoms with Crippen LogP contribution in [0.5, 0.6) is 5.75 Å². The van der Waals surface area contributed by atoms with Crippen LogP contribution in [0.2, 0.25) is 0 Å². The number of carboxylic acid groups (broad SMARTS) is 1. The number of hydrogen-bond donors (Lipinski definition) is 1. The Kier molecular flexibility index (Phi) is 5.19. The van der Waals surface area contributed by atoms with Gasteiger partial charge in [0.05, 0.1) is 11.9 Å². The standard InChI is InChI=1S/C12H16O3S/c1-9-3-5-11(6-4-9)15-7-8-16-10(2)12(13)14/h3-6,10H,7-8H2,1-2H3,(H,13,14). The minimum Gasteiger partial charge on any atom is -0.493 e. The number of aryl methyl sites for hydroxylation is 1. The van der Waals surface area contributed by atoms with Gasteiger partial charge in [-0.3, -0.25) is 4.79 Å². The summed E-state index contributed by atoms with van der Waals surface area (Å²) in [4.78, 5) is 10.5. The summed E-state index contributed by atoms with van der Waals surface area (Å²) in [7, 11) is 0. The highest BCUT2D eigenvalue weighted by molar-refractivity contribution is 8.00. The molecule has 0 spiro atoms. The Morgan fingerprint density at radius 3 is 2.62 bits per heavy atom. The Bertz CT molecular complexity index is 335. The van der Waals surface area contributed by atoms with Crippen LogP contribution in [0.15, 0.2) is 24.3 Å². The Hall–Kier alpha value is -1.16. The number of hydrogen-bond acceptors (Lipinski definition) is 3. The van der Waals surface area contributed by atoms with Crippen LogP contribution >= 0.6 is 11.8 Å². The molecule has 0 aliphatic heterocycles. The maximum atomic E-state index is 10.5. The number of carboxylic acids is 1. The monoisotopic (exact) mass is 240 g/mol. The van der Waals surface area contributed by atoms with Crippen LogP contribution in [0, 0.1) is 6.92 Å². The maximum Gasteiger partial charge on any atom is 0.316 e. The van der Waals surface area contributed by atoms with Crippen molar-refractivity contribution >= 4 is 17.7 Å². The molecule has 3 nitrogen and oxygen atoms in total. The third-order valence-electron chi connectivity index (χ3n) is 2.09. The molecule has 0 aromatic heterocycles. The molecule has 4 heteroatoms. The second kappa shape index (κ2) is 6.43. The summed E-state index contributed by atoms with van der Waals surface area (Å²) in [5.74, 6) is 0.732. The molecule has 0 saturated heterocycles. The predicted molar refractivity (Wildman–Crippen MR) is 66.2 cm³/mol. The molecule has 1 aromatic rings. The van der Waals surface area contributed by atoms with Crippen molar-refractivity contribution in [3.8, 4) is 5.75 Å². The third kappa shape index (κ3) is 4.57. The van der Waals surface area contributed by atoms with Crippen LogP contribution < -0.4 is 4.74 Å². The average Bonchev–Trinajstić information content (AvgIpc) is 2.26. The fraction of sp³-hybridized carbons (Fsp3) is 0.417. The highest BCUT2D eigenvalue weighted by atomic mass is 32.2. The highest BCUT2D eigenvalue weighted by Gasteiger charge is 2.10. The molecule has 16 heavy (non-hydrogen) atoms. The van der Waals surface area contributed by atoms with E-state index in [9.17, 15) is 4.79 Å². The molecule has 1 rings (SSSR count). The van der Waals surface area contributed by atoms with Gasteiger partial charge in [0.25, 0.3) is 0 Å². The van der Waals surface area contributed by atoms with Gasteiger partial charge in [-0.15, -0.1) is 11.8 Å². The van der Waals surface area contributed by atoms with Gasteiger partial charge in [-0.2, -0.15) is 0 Å². The molecule has 88 valence electrons. The summed E-state index contributed by atoms with van der Waals surface area (Å²) in [6.45, 7) is 4.23. The maximum absolute atomic E-state index is 10.5. The van der Waals surface area contributed by atoms with Crippen LogP contribution in [0.3, 0.4) is 0 Å². The first-order valence-electron chi connectivity index (χ1n) is 5.13. The molecule has 0 aliphatic carbocycles. The SMILES string of the molecule is Cc1ccc(OCCSC(C)C(=O)O)cc1. The normalized spacial score (nSPS) is 12.1. The first-order chi connectivity index (χ1) is 7.59. The van der Waals surface area contributed by atoms with Crippen molar-refractivity contribution in [2.45, 2.75) is 19.1 Å². The molecule has 0 radical (unpaired) electrons. The van der Waals surface area contributed by atoms with Crippen molar-refractivity contribution in [2.24, 2.45) is 0 Å². The number of benzene rings is 1. The van der Waals surface area contributed by atoms with Crippen LogP contribution in [0.4, 0.5) is 0 Å². The predicted octanol–water partition coefficient (Wildman–Crippen LogP) is 2.58. The van der Waals surface area contributed by atoms with E-state index in [1.807, 2.05) is 31.2 Å². The third-order valence-corrected chi connectivity index (χ3v) is 3.19. The summed E-state index contributed by atoms with van der Waals surface area (Å²) < 4.78 is 5.48. The lowest BCUT2D eigenvalue weighted by Crippen LogP contribution is -2.13. The van der Waals surface area contributed by atoms with Crippen molar-refractivity contribution in [3.05, 3.63) is 29.8 Å². The highest BCUT2D eigenvalue weighted by Crippen LogP contribution is 2.14. The molecule has 1 atom stereocenters. The van der Waals surface area contributed by atoms with Gasteiger partial charge in [-0.05, 0) is 26.0 Å². The molecule has 0 saturated carbocycles. The number of rotatable bonds is 6. The van der Waals surface area contributed by atoms with E-state index >= 15 is 0 Å². The molecular formula is C12H16O3S. The lowest BCUT2D eigenvalue weighted by atomic mass is 10.2. The van der Waals surface area contributed by atoms with Crippen molar-refractivity contribution < 1.29 is 14.6 Å². The van der Waals surface area contributed by atoms with Gasteiger partial charge in [0.1, 0.15) is 5.75 Å². The first-order valence-corrected chi connectivity index (χ1v) is 6.18. The summed E-state index contributed by atoms with van der Waals surface area (Å²) in [6.07, 6.45) is 0. The van der Waals surface area contributed by atoms with E-state index in [2.05, 4.69) is 0 Å². The zero-order chi connectivity index (χ0) is 12.0. The van der Waals surface area contributed by atoms with Crippen molar-refractivity contribution in [1.82, 2.24) is 0 Å². The molecule has 1 N–H and O–H groups in total. The molecule has 0 fully saturated rings. The quantitative estimate of drug-likeness (QED) is 0.776. The second-order valence-electron chi connectivity index (χ2n) is 3.51. The Morgan fingerprint density at radius 2 is 2.06 bits per heavy atom.